The first-order valence-electron chi connectivity index (χ1n) is 4.71. The van der Waals surface area contributed by atoms with E-state index in [2.05, 4.69) is 10.1 Å². The lowest BCUT2D eigenvalue weighted by atomic mass is 10.3. The van der Waals surface area contributed by atoms with Gasteiger partial charge in [-0.3, -0.25) is 4.79 Å². The standard InChI is InChI=1S/C9H17NO4S/c1-3-4-15-6-8(11)10-5-7(14-2)9(12)13/h7H,3-6H2,1-2H3,(H,10,11)(H,12,13). The first kappa shape index (κ1) is 14.2. The summed E-state index contributed by atoms with van der Waals surface area (Å²) in [5, 5.41) is 11.1. The smallest absolute Gasteiger partial charge is 0.334 e. The van der Waals surface area contributed by atoms with Crippen LogP contribution in [0.5, 0.6) is 0 Å². The van der Waals surface area contributed by atoms with E-state index in [0.29, 0.717) is 5.75 Å². The summed E-state index contributed by atoms with van der Waals surface area (Å²) in [6.07, 6.45) is 0.0541. The Morgan fingerprint density at radius 1 is 1.53 bits per heavy atom. The number of carboxylic acids is 1. The molecule has 1 amide bonds. The van der Waals surface area contributed by atoms with Crippen LogP contribution in [-0.2, 0) is 14.3 Å². The van der Waals surface area contributed by atoms with E-state index in [0.717, 1.165) is 12.2 Å². The normalized spacial score (nSPS) is 12.1. The summed E-state index contributed by atoms with van der Waals surface area (Å²) >= 11 is 1.53. The maximum Gasteiger partial charge on any atom is 0.334 e. The van der Waals surface area contributed by atoms with E-state index in [-0.39, 0.29) is 12.5 Å². The molecule has 6 heteroatoms. The minimum atomic E-state index is -1.07. The summed E-state index contributed by atoms with van der Waals surface area (Å²) in [7, 11) is 1.30. The number of ether oxygens (including phenoxy) is 1. The molecule has 0 aliphatic rings. The molecule has 5 nitrogen and oxygen atoms in total. The lowest BCUT2D eigenvalue weighted by Crippen LogP contribution is -2.38. The molecule has 0 bridgehead atoms. The van der Waals surface area contributed by atoms with Crippen molar-refractivity contribution < 1.29 is 19.4 Å². The fourth-order valence-electron chi connectivity index (χ4n) is 0.838. The number of thioether (sulfide) groups is 1. The van der Waals surface area contributed by atoms with Crippen LogP contribution in [0.25, 0.3) is 0 Å². The Labute approximate surface area is 93.6 Å². The van der Waals surface area contributed by atoms with Gasteiger partial charge in [-0.05, 0) is 12.2 Å². The number of hydrogen-bond acceptors (Lipinski definition) is 4. The number of carbonyl (C=O) groups is 2. The maximum absolute atomic E-state index is 11.2. The van der Waals surface area contributed by atoms with E-state index in [9.17, 15) is 9.59 Å². The molecule has 1 atom stereocenters. The summed E-state index contributed by atoms with van der Waals surface area (Å²) in [4.78, 5) is 21.7. The molecular weight excluding hydrogens is 218 g/mol. The van der Waals surface area contributed by atoms with Crippen molar-refractivity contribution in [3.8, 4) is 0 Å². The van der Waals surface area contributed by atoms with Crippen LogP contribution in [-0.4, -0.2) is 48.2 Å². The van der Waals surface area contributed by atoms with E-state index >= 15 is 0 Å². The van der Waals surface area contributed by atoms with Crippen molar-refractivity contribution in [2.45, 2.75) is 19.4 Å². The zero-order valence-corrected chi connectivity index (χ0v) is 9.80. The zero-order valence-electron chi connectivity index (χ0n) is 8.99. The van der Waals surface area contributed by atoms with Gasteiger partial charge in [0.05, 0.1) is 12.3 Å². The van der Waals surface area contributed by atoms with Gasteiger partial charge in [-0.25, -0.2) is 4.79 Å². The van der Waals surface area contributed by atoms with Crippen molar-refractivity contribution in [1.82, 2.24) is 5.32 Å². The van der Waals surface area contributed by atoms with Gasteiger partial charge in [0.1, 0.15) is 0 Å². The van der Waals surface area contributed by atoms with Gasteiger partial charge in [0, 0.05) is 7.11 Å². The molecule has 0 spiro atoms. The van der Waals surface area contributed by atoms with Gasteiger partial charge >= 0.3 is 5.97 Å². The minimum absolute atomic E-state index is 0.0113. The van der Waals surface area contributed by atoms with E-state index in [4.69, 9.17) is 5.11 Å². The lowest BCUT2D eigenvalue weighted by molar-refractivity contribution is -0.148. The predicted molar refractivity (Wildman–Crippen MR) is 59.1 cm³/mol. The van der Waals surface area contributed by atoms with E-state index < -0.39 is 12.1 Å². The van der Waals surface area contributed by atoms with Crippen molar-refractivity contribution in [2.24, 2.45) is 0 Å². The molecule has 0 aromatic rings. The topological polar surface area (TPSA) is 75.6 Å². The monoisotopic (exact) mass is 235 g/mol. The van der Waals surface area contributed by atoms with Crippen molar-refractivity contribution >= 4 is 23.6 Å². The average molecular weight is 235 g/mol. The van der Waals surface area contributed by atoms with Crippen molar-refractivity contribution in [3.05, 3.63) is 0 Å². The summed E-state index contributed by atoms with van der Waals surface area (Å²) < 4.78 is 4.67. The van der Waals surface area contributed by atoms with Gasteiger partial charge in [0.25, 0.3) is 0 Å². The number of nitrogens with one attached hydrogen (secondary N) is 1. The molecule has 15 heavy (non-hydrogen) atoms. The van der Waals surface area contributed by atoms with Crippen LogP contribution >= 0.6 is 11.8 Å². The van der Waals surface area contributed by atoms with Gasteiger partial charge in [-0.15, -0.1) is 0 Å². The lowest BCUT2D eigenvalue weighted by Gasteiger charge is -2.11. The highest BCUT2D eigenvalue weighted by atomic mass is 32.2. The Hall–Kier alpha value is -0.750. The fraction of sp³-hybridized carbons (Fsp3) is 0.778. The number of carbonyl (C=O) groups excluding carboxylic acids is 1. The second-order valence-electron chi connectivity index (χ2n) is 2.92. The second-order valence-corrected chi connectivity index (χ2v) is 4.02. The van der Waals surface area contributed by atoms with Crippen molar-refractivity contribution in [2.75, 3.05) is 25.2 Å². The van der Waals surface area contributed by atoms with Crippen LogP contribution < -0.4 is 5.32 Å². The Morgan fingerprint density at radius 2 is 2.20 bits per heavy atom. The third kappa shape index (κ3) is 7.21. The zero-order chi connectivity index (χ0) is 11.7. The highest BCUT2D eigenvalue weighted by Gasteiger charge is 2.16. The van der Waals surface area contributed by atoms with Gasteiger partial charge in [-0.2, -0.15) is 11.8 Å². The van der Waals surface area contributed by atoms with Crippen LogP contribution in [0.1, 0.15) is 13.3 Å². The molecule has 0 saturated heterocycles. The first-order chi connectivity index (χ1) is 7.11. The minimum Gasteiger partial charge on any atom is -0.479 e. The molecule has 0 aromatic heterocycles. The fourth-order valence-corrected chi connectivity index (χ4v) is 1.56. The van der Waals surface area contributed by atoms with Crippen LogP contribution in [0, 0.1) is 0 Å². The number of carboxylic acid groups (broad SMARTS) is 1. The van der Waals surface area contributed by atoms with Crippen molar-refractivity contribution in [1.29, 1.82) is 0 Å². The quantitative estimate of drug-likeness (QED) is 0.594. The number of hydrogen-bond donors (Lipinski definition) is 2. The first-order valence-corrected chi connectivity index (χ1v) is 5.87. The molecular formula is C9H17NO4S. The van der Waals surface area contributed by atoms with Gasteiger partial charge in [0.15, 0.2) is 6.10 Å². The SMILES string of the molecule is CCCSCC(=O)NCC(OC)C(=O)O. The van der Waals surface area contributed by atoms with Crippen LogP contribution in [0.15, 0.2) is 0 Å². The average Bonchev–Trinajstić information content (AvgIpc) is 2.18. The summed E-state index contributed by atoms with van der Waals surface area (Å²) in [6, 6.07) is 0. The Bertz CT molecular complexity index is 210. The van der Waals surface area contributed by atoms with Crippen LogP contribution in [0.3, 0.4) is 0 Å². The molecule has 1 unspecified atom stereocenters. The molecule has 0 heterocycles. The molecule has 0 rings (SSSR count). The highest BCUT2D eigenvalue weighted by Crippen LogP contribution is 2.00. The predicted octanol–water partition coefficient (Wildman–Crippen LogP) is 0.345. The molecule has 0 aromatic carbocycles. The van der Waals surface area contributed by atoms with Crippen LogP contribution in [0.2, 0.25) is 0 Å². The Morgan fingerprint density at radius 3 is 2.67 bits per heavy atom. The van der Waals surface area contributed by atoms with E-state index in [1.54, 1.807) is 0 Å². The highest BCUT2D eigenvalue weighted by molar-refractivity contribution is 7.99. The second kappa shape index (κ2) is 8.55. The summed E-state index contributed by atoms with van der Waals surface area (Å²) in [5.74, 6) is 0.0694. The van der Waals surface area contributed by atoms with E-state index in [1.165, 1.54) is 18.9 Å². The third-order valence-corrected chi connectivity index (χ3v) is 2.79. The molecule has 0 aliphatic carbocycles. The van der Waals surface area contributed by atoms with E-state index in [1.807, 2.05) is 6.92 Å². The Kier molecular flexibility index (Phi) is 8.12. The molecule has 0 fully saturated rings. The number of amides is 1. The van der Waals surface area contributed by atoms with Gasteiger partial charge < -0.3 is 15.2 Å². The molecule has 88 valence electrons. The third-order valence-electron chi connectivity index (χ3n) is 1.63. The largest absolute Gasteiger partial charge is 0.479 e. The van der Waals surface area contributed by atoms with Crippen molar-refractivity contribution in [3.63, 3.8) is 0 Å². The molecule has 0 radical (unpaired) electrons. The summed E-state index contributed by atoms with van der Waals surface area (Å²) in [5.41, 5.74) is 0. The maximum atomic E-state index is 11.2. The summed E-state index contributed by atoms with van der Waals surface area (Å²) in [6.45, 7) is 2.05. The molecule has 2 N–H and O–H groups in total. The number of rotatable bonds is 8. The molecule has 0 aliphatic heterocycles. The molecule has 0 saturated carbocycles. The number of aliphatic carboxylic acids is 1. The van der Waals surface area contributed by atoms with Crippen LogP contribution in [0.4, 0.5) is 0 Å². The Balaban J connectivity index is 3.64. The number of methoxy groups -OCH3 is 1. The van der Waals surface area contributed by atoms with Gasteiger partial charge in [-0.1, -0.05) is 6.92 Å². The van der Waals surface area contributed by atoms with Gasteiger partial charge in [0.2, 0.25) is 5.91 Å².